The Morgan fingerprint density at radius 2 is 2.05 bits per heavy atom. The number of piperazine rings is 1. The van der Waals surface area contributed by atoms with Gasteiger partial charge in [0.2, 0.25) is 0 Å². The number of halogens is 1. The molecule has 1 saturated heterocycles. The van der Waals surface area contributed by atoms with E-state index in [0.717, 1.165) is 32.7 Å². The first-order valence-corrected chi connectivity index (χ1v) is 7.33. The van der Waals surface area contributed by atoms with Gasteiger partial charge < -0.3 is 15.3 Å². The molecular weight excluding hydrogens is 276 g/mol. The lowest BCUT2D eigenvalue weighted by molar-refractivity contribution is 0.0957. The fourth-order valence-electron chi connectivity index (χ4n) is 2.52. The SMILES string of the molecule is Cc1cc(Cl)c(C)c(C(=O)CCN2CCNCC2)c1O. The highest BCUT2D eigenvalue weighted by Gasteiger charge is 2.19. The zero-order valence-corrected chi connectivity index (χ0v) is 12.8. The van der Waals surface area contributed by atoms with Gasteiger partial charge in [-0.2, -0.15) is 0 Å². The maximum Gasteiger partial charge on any atom is 0.168 e. The third kappa shape index (κ3) is 3.32. The van der Waals surface area contributed by atoms with Crippen LogP contribution in [-0.2, 0) is 0 Å². The van der Waals surface area contributed by atoms with E-state index in [1.165, 1.54) is 0 Å². The lowest BCUT2D eigenvalue weighted by Crippen LogP contribution is -2.44. The number of hydrogen-bond donors (Lipinski definition) is 2. The molecule has 0 aromatic heterocycles. The molecule has 1 aliphatic heterocycles. The average molecular weight is 297 g/mol. The van der Waals surface area contributed by atoms with Gasteiger partial charge in [0.25, 0.3) is 0 Å². The summed E-state index contributed by atoms with van der Waals surface area (Å²) in [6.07, 6.45) is 0.411. The topological polar surface area (TPSA) is 52.6 Å². The van der Waals surface area contributed by atoms with E-state index in [9.17, 15) is 9.90 Å². The summed E-state index contributed by atoms with van der Waals surface area (Å²) < 4.78 is 0. The molecule has 2 N–H and O–H groups in total. The molecule has 0 atom stereocenters. The van der Waals surface area contributed by atoms with Gasteiger partial charge >= 0.3 is 0 Å². The van der Waals surface area contributed by atoms with Crippen LogP contribution in [0.15, 0.2) is 6.07 Å². The number of carbonyl (C=O) groups excluding carboxylic acids is 1. The van der Waals surface area contributed by atoms with Gasteiger partial charge in [0.1, 0.15) is 5.75 Å². The fourth-order valence-corrected chi connectivity index (χ4v) is 2.78. The predicted molar refractivity (Wildman–Crippen MR) is 80.8 cm³/mol. The highest BCUT2D eigenvalue weighted by atomic mass is 35.5. The van der Waals surface area contributed by atoms with Crippen LogP contribution in [0.2, 0.25) is 5.02 Å². The molecule has 0 saturated carbocycles. The van der Waals surface area contributed by atoms with E-state index in [0.29, 0.717) is 28.1 Å². The number of nitrogens with one attached hydrogen (secondary N) is 1. The second-order valence-corrected chi connectivity index (χ2v) is 5.70. The predicted octanol–water partition coefficient (Wildman–Crippen LogP) is 2.14. The summed E-state index contributed by atoms with van der Waals surface area (Å²) in [7, 11) is 0. The Hall–Kier alpha value is -1.10. The zero-order valence-electron chi connectivity index (χ0n) is 12.0. The average Bonchev–Trinajstić information content (AvgIpc) is 2.44. The lowest BCUT2D eigenvalue weighted by atomic mass is 9.98. The van der Waals surface area contributed by atoms with Crippen molar-refractivity contribution >= 4 is 17.4 Å². The van der Waals surface area contributed by atoms with Crippen molar-refractivity contribution in [2.45, 2.75) is 20.3 Å². The summed E-state index contributed by atoms with van der Waals surface area (Å²) in [6, 6.07) is 1.69. The Kier molecular flexibility index (Phi) is 5.02. The van der Waals surface area contributed by atoms with E-state index >= 15 is 0 Å². The molecule has 0 aliphatic carbocycles. The summed E-state index contributed by atoms with van der Waals surface area (Å²) in [5.41, 5.74) is 1.69. The minimum Gasteiger partial charge on any atom is -0.507 e. The Labute approximate surface area is 124 Å². The molecule has 0 spiro atoms. The monoisotopic (exact) mass is 296 g/mol. The highest BCUT2D eigenvalue weighted by molar-refractivity contribution is 6.32. The number of ketones is 1. The van der Waals surface area contributed by atoms with Crippen molar-refractivity contribution in [3.63, 3.8) is 0 Å². The number of aryl methyl sites for hydroxylation is 1. The second kappa shape index (κ2) is 6.57. The van der Waals surface area contributed by atoms with Crippen LogP contribution in [0.25, 0.3) is 0 Å². The van der Waals surface area contributed by atoms with Gasteiger partial charge in [-0.3, -0.25) is 4.79 Å². The smallest absolute Gasteiger partial charge is 0.168 e. The third-order valence-corrected chi connectivity index (χ3v) is 4.22. The molecule has 2 rings (SSSR count). The number of benzene rings is 1. The molecule has 110 valence electrons. The number of phenols is 1. The van der Waals surface area contributed by atoms with Gasteiger partial charge in [-0.05, 0) is 31.0 Å². The Balaban J connectivity index is 2.09. The van der Waals surface area contributed by atoms with Crippen molar-refractivity contribution in [2.75, 3.05) is 32.7 Å². The maximum atomic E-state index is 12.4. The molecule has 4 nitrogen and oxygen atoms in total. The Morgan fingerprint density at radius 3 is 2.70 bits per heavy atom. The summed E-state index contributed by atoms with van der Waals surface area (Å²) in [5, 5.41) is 13.9. The summed E-state index contributed by atoms with van der Waals surface area (Å²) >= 11 is 6.10. The quantitative estimate of drug-likeness (QED) is 0.836. The van der Waals surface area contributed by atoms with Crippen LogP contribution < -0.4 is 5.32 Å². The van der Waals surface area contributed by atoms with E-state index in [4.69, 9.17) is 11.6 Å². The maximum absolute atomic E-state index is 12.4. The van der Waals surface area contributed by atoms with Gasteiger partial charge in [0.05, 0.1) is 5.56 Å². The molecular formula is C15H21ClN2O2. The van der Waals surface area contributed by atoms with Crippen molar-refractivity contribution in [1.29, 1.82) is 0 Å². The fraction of sp³-hybridized carbons (Fsp3) is 0.533. The van der Waals surface area contributed by atoms with Gasteiger partial charge in [0.15, 0.2) is 5.78 Å². The van der Waals surface area contributed by atoms with Crippen molar-refractivity contribution in [1.82, 2.24) is 10.2 Å². The number of nitrogens with zero attached hydrogens (tertiary/aromatic N) is 1. The van der Waals surface area contributed by atoms with E-state index in [-0.39, 0.29) is 11.5 Å². The molecule has 20 heavy (non-hydrogen) atoms. The standard InChI is InChI=1S/C15H21ClN2O2/c1-10-9-12(16)11(2)14(15(10)20)13(19)3-6-18-7-4-17-5-8-18/h9,17,20H,3-8H2,1-2H3. The number of rotatable bonds is 4. The first-order valence-electron chi connectivity index (χ1n) is 6.95. The number of aromatic hydroxyl groups is 1. The molecule has 1 fully saturated rings. The normalized spacial score (nSPS) is 16.4. The zero-order chi connectivity index (χ0) is 14.7. The lowest BCUT2D eigenvalue weighted by Gasteiger charge is -2.26. The van der Waals surface area contributed by atoms with Gasteiger partial charge in [0, 0.05) is 44.2 Å². The van der Waals surface area contributed by atoms with Crippen LogP contribution in [0.3, 0.4) is 0 Å². The number of carbonyl (C=O) groups is 1. The van der Waals surface area contributed by atoms with E-state index < -0.39 is 0 Å². The summed E-state index contributed by atoms with van der Waals surface area (Å²) in [4.78, 5) is 14.6. The number of phenolic OH excluding ortho intramolecular Hbond substituents is 1. The van der Waals surface area contributed by atoms with Gasteiger partial charge in [-0.25, -0.2) is 0 Å². The van der Waals surface area contributed by atoms with Crippen LogP contribution in [-0.4, -0.2) is 48.5 Å². The first kappa shape index (κ1) is 15.3. The largest absolute Gasteiger partial charge is 0.507 e. The van der Waals surface area contributed by atoms with Gasteiger partial charge in [-0.1, -0.05) is 11.6 Å². The van der Waals surface area contributed by atoms with Crippen molar-refractivity contribution in [3.8, 4) is 5.75 Å². The van der Waals surface area contributed by atoms with Crippen molar-refractivity contribution in [3.05, 3.63) is 27.8 Å². The molecule has 0 radical (unpaired) electrons. The van der Waals surface area contributed by atoms with Gasteiger partial charge in [-0.15, -0.1) is 0 Å². The van der Waals surface area contributed by atoms with Crippen molar-refractivity contribution in [2.24, 2.45) is 0 Å². The van der Waals surface area contributed by atoms with Crippen LogP contribution in [0.5, 0.6) is 5.75 Å². The Bertz CT molecular complexity index is 485. The molecule has 1 aliphatic rings. The van der Waals surface area contributed by atoms with Crippen LogP contribution in [0, 0.1) is 13.8 Å². The molecule has 1 aromatic rings. The number of hydrogen-bond acceptors (Lipinski definition) is 4. The minimum absolute atomic E-state index is 0.0378. The third-order valence-electron chi connectivity index (χ3n) is 3.83. The molecule has 0 bridgehead atoms. The summed E-state index contributed by atoms with van der Waals surface area (Å²) in [5.74, 6) is 0.0290. The molecule has 0 unspecified atom stereocenters. The minimum atomic E-state index is -0.0378. The Morgan fingerprint density at radius 1 is 1.40 bits per heavy atom. The molecule has 1 aromatic carbocycles. The van der Waals surface area contributed by atoms with E-state index in [2.05, 4.69) is 10.2 Å². The molecule has 5 heteroatoms. The highest BCUT2D eigenvalue weighted by Crippen LogP contribution is 2.32. The summed E-state index contributed by atoms with van der Waals surface area (Å²) in [6.45, 7) is 8.13. The molecule has 1 heterocycles. The molecule has 0 amide bonds. The van der Waals surface area contributed by atoms with E-state index in [1.807, 2.05) is 0 Å². The van der Waals surface area contributed by atoms with Crippen LogP contribution in [0.1, 0.15) is 27.9 Å². The van der Waals surface area contributed by atoms with Crippen LogP contribution >= 0.6 is 11.6 Å². The first-order chi connectivity index (χ1) is 9.50. The van der Waals surface area contributed by atoms with E-state index in [1.54, 1.807) is 19.9 Å². The van der Waals surface area contributed by atoms with Crippen molar-refractivity contribution < 1.29 is 9.90 Å². The number of Topliss-reactive ketones (excluding diaryl/α,β-unsaturated/α-hetero) is 1. The van der Waals surface area contributed by atoms with Crippen LogP contribution in [0.4, 0.5) is 0 Å². The second-order valence-electron chi connectivity index (χ2n) is 5.29.